The van der Waals surface area contributed by atoms with Crippen molar-refractivity contribution in [2.75, 3.05) is 0 Å². The Hall–Kier alpha value is -1.06. The quantitative estimate of drug-likeness (QED) is 0.788. The molecule has 3 aliphatic carbocycles. The average molecular weight is 324 g/mol. The second kappa shape index (κ2) is 5.78. The Labute approximate surface area is 139 Å². The van der Waals surface area contributed by atoms with E-state index >= 15 is 0 Å². The number of rotatable bonds is 2. The molecule has 0 amide bonds. The molecule has 0 aromatic heterocycles. The zero-order valence-electron chi connectivity index (χ0n) is 15.2. The van der Waals surface area contributed by atoms with Crippen molar-refractivity contribution in [3.05, 3.63) is 0 Å². The average Bonchev–Trinajstić information content (AvgIpc) is 2.79. The first-order chi connectivity index (χ1) is 10.5. The summed E-state index contributed by atoms with van der Waals surface area (Å²) in [6.07, 6.45) is 6.79. The van der Waals surface area contributed by atoms with Crippen LogP contribution in [0.15, 0.2) is 0 Å². The normalized spacial score (nSPS) is 43.3. The van der Waals surface area contributed by atoms with Gasteiger partial charge in [0.15, 0.2) is 0 Å². The van der Waals surface area contributed by atoms with Crippen molar-refractivity contribution in [3.63, 3.8) is 0 Å². The highest BCUT2D eigenvalue weighted by Crippen LogP contribution is 2.75. The van der Waals surface area contributed by atoms with Crippen LogP contribution in [0.5, 0.6) is 0 Å². The summed E-state index contributed by atoms with van der Waals surface area (Å²) >= 11 is 0. The maximum absolute atomic E-state index is 11.3. The fraction of sp³-hybridized carbons (Fsp3) is 0.895. The van der Waals surface area contributed by atoms with Gasteiger partial charge >= 0.3 is 5.97 Å². The molecule has 3 fully saturated rings. The van der Waals surface area contributed by atoms with E-state index in [1.54, 1.807) is 0 Å². The van der Waals surface area contributed by atoms with E-state index in [9.17, 15) is 9.90 Å². The van der Waals surface area contributed by atoms with Gasteiger partial charge in [0.05, 0.1) is 6.42 Å². The van der Waals surface area contributed by atoms with E-state index in [-0.39, 0.29) is 5.41 Å². The van der Waals surface area contributed by atoms with Crippen LogP contribution in [0.1, 0.15) is 73.1 Å². The lowest BCUT2D eigenvalue weighted by molar-refractivity contribution is -0.142. The monoisotopic (exact) mass is 324 g/mol. The van der Waals surface area contributed by atoms with Crippen LogP contribution in [0, 0.1) is 34.0 Å². The molecule has 0 heterocycles. The van der Waals surface area contributed by atoms with Crippen molar-refractivity contribution in [2.24, 2.45) is 34.0 Å². The van der Waals surface area contributed by atoms with E-state index in [2.05, 4.69) is 27.7 Å². The number of hydrogen-bond acceptors (Lipinski definition) is 2. The molecule has 3 aliphatic rings. The SMILES string of the molecule is CC(=O)O.C[C@H]1CCC2C(C)(C)C3C[C@@]21CC[C@]3(C)CC(=O)O. The predicted molar refractivity (Wildman–Crippen MR) is 89.1 cm³/mol. The molecule has 23 heavy (non-hydrogen) atoms. The molecule has 0 aliphatic heterocycles. The topological polar surface area (TPSA) is 74.6 Å². The van der Waals surface area contributed by atoms with Gasteiger partial charge in [-0.1, -0.05) is 27.7 Å². The molecule has 2 bridgehead atoms. The summed E-state index contributed by atoms with van der Waals surface area (Å²) < 4.78 is 0. The standard InChI is InChI=1S/C17H28O2.C2H4O2/c1-11-5-6-12-15(2,3)13-9-17(11,12)8-7-16(13,4)10-14(18)19;1-2(3)4/h11-13H,5-10H2,1-4H3,(H,18,19);1H3,(H,3,4)/t11-,12?,13?,16+,17+;/m0./s1. The Bertz CT molecular complexity index is 494. The summed E-state index contributed by atoms with van der Waals surface area (Å²) in [6, 6.07) is 0. The van der Waals surface area contributed by atoms with Crippen LogP contribution in [-0.2, 0) is 9.59 Å². The fourth-order valence-electron chi connectivity index (χ4n) is 6.59. The number of carboxylic acid groups (broad SMARTS) is 2. The van der Waals surface area contributed by atoms with Crippen molar-refractivity contribution in [2.45, 2.75) is 73.1 Å². The summed E-state index contributed by atoms with van der Waals surface area (Å²) in [5.74, 6) is 0.823. The van der Waals surface area contributed by atoms with Gasteiger partial charge in [-0.15, -0.1) is 0 Å². The Kier molecular flexibility index (Phi) is 4.60. The zero-order chi connectivity index (χ0) is 17.6. The molecule has 1 spiro atoms. The molecule has 4 nitrogen and oxygen atoms in total. The van der Waals surface area contributed by atoms with Crippen LogP contribution in [0.25, 0.3) is 0 Å². The molecule has 3 saturated carbocycles. The van der Waals surface area contributed by atoms with Gasteiger partial charge in [-0.25, -0.2) is 0 Å². The molecule has 0 aromatic rings. The molecule has 4 heteroatoms. The highest BCUT2D eigenvalue weighted by molar-refractivity contribution is 5.67. The molecular formula is C19H32O4. The smallest absolute Gasteiger partial charge is 0.303 e. The van der Waals surface area contributed by atoms with Crippen LogP contribution in [0.3, 0.4) is 0 Å². The summed E-state index contributed by atoms with van der Waals surface area (Å²) in [4.78, 5) is 20.3. The number of aliphatic carboxylic acids is 2. The Morgan fingerprint density at radius 3 is 2.13 bits per heavy atom. The zero-order valence-corrected chi connectivity index (χ0v) is 15.2. The second-order valence-corrected chi connectivity index (χ2v) is 9.09. The summed E-state index contributed by atoms with van der Waals surface area (Å²) in [5, 5.41) is 16.7. The lowest BCUT2D eigenvalue weighted by atomic mass is 9.58. The Balaban J connectivity index is 0.000000433. The van der Waals surface area contributed by atoms with Crippen LogP contribution in [-0.4, -0.2) is 22.2 Å². The summed E-state index contributed by atoms with van der Waals surface area (Å²) in [5.41, 5.74) is 0.891. The van der Waals surface area contributed by atoms with Gasteiger partial charge in [0.2, 0.25) is 0 Å². The third kappa shape index (κ3) is 2.89. The first-order valence-corrected chi connectivity index (χ1v) is 8.87. The second-order valence-electron chi connectivity index (χ2n) is 9.09. The fourth-order valence-corrected chi connectivity index (χ4v) is 6.59. The molecule has 2 N–H and O–H groups in total. The molecule has 0 saturated heterocycles. The van der Waals surface area contributed by atoms with Crippen molar-refractivity contribution in [3.8, 4) is 0 Å². The van der Waals surface area contributed by atoms with Crippen LogP contribution in [0.4, 0.5) is 0 Å². The van der Waals surface area contributed by atoms with Gasteiger partial charge in [0, 0.05) is 6.92 Å². The molecule has 3 rings (SSSR count). The van der Waals surface area contributed by atoms with E-state index in [1.807, 2.05) is 0 Å². The lowest BCUT2D eigenvalue weighted by Crippen LogP contribution is -2.40. The Morgan fingerprint density at radius 1 is 1.04 bits per heavy atom. The maximum atomic E-state index is 11.3. The van der Waals surface area contributed by atoms with Gasteiger partial charge in [0.25, 0.3) is 5.97 Å². The van der Waals surface area contributed by atoms with Gasteiger partial charge in [-0.05, 0) is 66.1 Å². The lowest BCUT2D eigenvalue weighted by Gasteiger charge is -2.47. The third-order valence-electron chi connectivity index (χ3n) is 7.50. The van der Waals surface area contributed by atoms with E-state index in [0.717, 1.165) is 25.2 Å². The van der Waals surface area contributed by atoms with Crippen LogP contribution < -0.4 is 0 Å². The van der Waals surface area contributed by atoms with Gasteiger partial charge in [0.1, 0.15) is 0 Å². The molecule has 2 unspecified atom stereocenters. The van der Waals surface area contributed by atoms with E-state index in [1.165, 1.54) is 25.7 Å². The number of carbonyl (C=O) groups is 2. The molecule has 5 atom stereocenters. The minimum Gasteiger partial charge on any atom is -0.481 e. The summed E-state index contributed by atoms with van der Waals surface area (Å²) in [7, 11) is 0. The minimum absolute atomic E-state index is 0.0185. The number of hydrogen-bond donors (Lipinski definition) is 2. The van der Waals surface area contributed by atoms with E-state index in [4.69, 9.17) is 9.90 Å². The number of carboxylic acids is 2. The molecule has 0 radical (unpaired) electrons. The maximum Gasteiger partial charge on any atom is 0.303 e. The molecule has 0 aromatic carbocycles. The van der Waals surface area contributed by atoms with Crippen LogP contribution >= 0.6 is 0 Å². The third-order valence-corrected chi connectivity index (χ3v) is 7.50. The highest BCUT2D eigenvalue weighted by Gasteiger charge is 2.67. The van der Waals surface area contributed by atoms with E-state index in [0.29, 0.717) is 23.2 Å². The highest BCUT2D eigenvalue weighted by atomic mass is 16.4. The first-order valence-electron chi connectivity index (χ1n) is 8.87. The molecular weight excluding hydrogens is 292 g/mol. The predicted octanol–water partition coefficient (Wildman–Crippen LogP) is 4.43. The number of fused-ring (bicyclic) bond motifs is 1. The largest absolute Gasteiger partial charge is 0.481 e. The molecule has 132 valence electrons. The van der Waals surface area contributed by atoms with Gasteiger partial charge in [-0.3, -0.25) is 9.59 Å². The first kappa shape index (κ1) is 18.3. The van der Waals surface area contributed by atoms with Crippen molar-refractivity contribution < 1.29 is 19.8 Å². The van der Waals surface area contributed by atoms with Crippen LogP contribution in [0.2, 0.25) is 0 Å². The summed E-state index contributed by atoms with van der Waals surface area (Å²) in [6.45, 7) is 10.6. The minimum atomic E-state index is -0.833. The van der Waals surface area contributed by atoms with Crippen molar-refractivity contribution in [1.29, 1.82) is 0 Å². The van der Waals surface area contributed by atoms with Gasteiger partial charge in [-0.2, -0.15) is 0 Å². The van der Waals surface area contributed by atoms with E-state index < -0.39 is 11.9 Å². The Morgan fingerprint density at radius 2 is 1.61 bits per heavy atom. The van der Waals surface area contributed by atoms with Gasteiger partial charge < -0.3 is 10.2 Å². The van der Waals surface area contributed by atoms with Crippen molar-refractivity contribution >= 4 is 11.9 Å². The van der Waals surface area contributed by atoms with Crippen molar-refractivity contribution in [1.82, 2.24) is 0 Å².